The standard InChI is InChI=1S/C20H25N3O2/c1-14-18(15(2)23(21-14)17-7-5-4-6-8-17)11-12-20(25)22(3)13-19(24)16-9-10-16/h4-8,11-12,16,19,24H,9-10,13H2,1-3H3. The van der Waals surface area contributed by atoms with Crippen LogP contribution < -0.4 is 0 Å². The number of para-hydroxylation sites is 1. The summed E-state index contributed by atoms with van der Waals surface area (Å²) in [5.74, 6) is 0.263. The van der Waals surface area contributed by atoms with E-state index >= 15 is 0 Å². The van der Waals surface area contributed by atoms with Gasteiger partial charge in [-0.05, 0) is 50.8 Å². The van der Waals surface area contributed by atoms with Crippen LogP contribution in [0.25, 0.3) is 11.8 Å². The highest BCUT2D eigenvalue weighted by atomic mass is 16.3. The van der Waals surface area contributed by atoms with Crippen LogP contribution in [0.15, 0.2) is 36.4 Å². The monoisotopic (exact) mass is 339 g/mol. The van der Waals surface area contributed by atoms with E-state index in [0.29, 0.717) is 12.5 Å². The molecule has 0 saturated heterocycles. The number of aliphatic hydroxyl groups is 1. The number of rotatable bonds is 6. The minimum Gasteiger partial charge on any atom is -0.391 e. The summed E-state index contributed by atoms with van der Waals surface area (Å²) in [6.45, 7) is 4.32. The molecule has 0 spiro atoms. The van der Waals surface area contributed by atoms with Crippen molar-refractivity contribution >= 4 is 12.0 Å². The highest BCUT2D eigenvalue weighted by Crippen LogP contribution is 2.32. The summed E-state index contributed by atoms with van der Waals surface area (Å²) in [4.78, 5) is 13.9. The van der Waals surface area contributed by atoms with Gasteiger partial charge in [0.25, 0.3) is 0 Å². The van der Waals surface area contributed by atoms with Crippen molar-refractivity contribution < 1.29 is 9.90 Å². The third kappa shape index (κ3) is 3.99. The molecular formula is C20H25N3O2. The lowest BCUT2D eigenvalue weighted by Crippen LogP contribution is -2.34. The smallest absolute Gasteiger partial charge is 0.246 e. The molecular weight excluding hydrogens is 314 g/mol. The zero-order valence-corrected chi connectivity index (χ0v) is 15.0. The Labute approximate surface area is 148 Å². The van der Waals surface area contributed by atoms with Crippen LogP contribution in [-0.4, -0.2) is 45.4 Å². The van der Waals surface area contributed by atoms with E-state index in [1.165, 1.54) is 0 Å². The quantitative estimate of drug-likeness (QED) is 0.823. The average Bonchev–Trinajstić information content (AvgIpc) is 3.41. The lowest BCUT2D eigenvalue weighted by molar-refractivity contribution is -0.126. The Morgan fingerprint density at radius 2 is 2.04 bits per heavy atom. The summed E-state index contributed by atoms with van der Waals surface area (Å²) in [6.07, 6.45) is 5.10. The lowest BCUT2D eigenvalue weighted by Gasteiger charge is -2.19. The van der Waals surface area contributed by atoms with Crippen molar-refractivity contribution in [1.29, 1.82) is 0 Å². The molecule has 1 aliphatic rings. The SMILES string of the molecule is Cc1nn(-c2ccccc2)c(C)c1C=CC(=O)N(C)CC(O)C1CC1. The first-order chi connectivity index (χ1) is 12.0. The molecule has 5 heteroatoms. The Kier molecular flexibility index (Phi) is 5.04. The van der Waals surface area contributed by atoms with Gasteiger partial charge in [0.1, 0.15) is 0 Å². The van der Waals surface area contributed by atoms with E-state index in [9.17, 15) is 9.90 Å². The number of carbonyl (C=O) groups excluding carboxylic acids is 1. The summed E-state index contributed by atoms with van der Waals surface area (Å²) in [6, 6.07) is 9.94. The molecule has 1 aliphatic carbocycles. The number of amides is 1. The summed E-state index contributed by atoms with van der Waals surface area (Å²) in [5.41, 5.74) is 3.83. The normalized spacial score (nSPS) is 15.5. The second-order valence-electron chi connectivity index (χ2n) is 6.79. The molecule has 1 aromatic heterocycles. The van der Waals surface area contributed by atoms with Crippen molar-refractivity contribution in [2.75, 3.05) is 13.6 Å². The van der Waals surface area contributed by atoms with Gasteiger partial charge in [-0.3, -0.25) is 4.79 Å². The first kappa shape index (κ1) is 17.4. The summed E-state index contributed by atoms with van der Waals surface area (Å²) >= 11 is 0. The first-order valence-electron chi connectivity index (χ1n) is 8.70. The highest BCUT2D eigenvalue weighted by Gasteiger charge is 2.30. The molecule has 2 aromatic rings. The van der Waals surface area contributed by atoms with E-state index in [-0.39, 0.29) is 5.91 Å². The Balaban J connectivity index is 1.72. The van der Waals surface area contributed by atoms with Gasteiger partial charge in [-0.1, -0.05) is 18.2 Å². The third-order valence-corrected chi connectivity index (χ3v) is 4.74. The number of likely N-dealkylation sites (N-methyl/N-ethyl adjacent to an activating group) is 1. The van der Waals surface area contributed by atoms with Gasteiger partial charge < -0.3 is 10.0 Å². The van der Waals surface area contributed by atoms with E-state index in [1.807, 2.05) is 54.9 Å². The van der Waals surface area contributed by atoms with E-state index in [4.69, 9.17) is 0 Å². The fraction of sp³-hybridized carbons (Fsp3) is 0.400. The molecule has 1 N–H and O–H groups in total. The minimum atomic E-state index is -0.411. The van der Waals surface area contributed by atoms with Crippen LogP contribution >= 0.6 is 0 Å². The first-order valence-corrected chi connectivity index (χ1v) is 8.70. The van der Waals surface area contributed by atoms with Gasteiger partial charge in [0.05, 0.1) is 17.5 Å². The van der Waals surface area contributed by atoms with E-state index in [1.54, 1.807) is 18.0 Å². The van der Waals surface area contributed by atoms with Crippen LogP contribution in [0.3, 0.4) is 0 Å². The molecule has 1 amide bonds. The zero-order valence-electron chi connectivity index (χ0n) is 15.0. The fourth-order valence-corrected chi connectivity index (χ4v) is 3.00. The second-order valence-corrected chi connectivity index (χ2v) is 6.79. The van der Waals surface area contributed by atoms with Gasteiger partial charge in [-0.15, -0.1) is 0 Å². The van der Waals surface area contributed by atoms with Crippen molar-refractivity contribution in [2.24, 2.45) is 5.92 Å². The topological polar surface area (TPSA) is 58.4 Å². The number of aryl methyl sites for hydroxylation is 1. The van der Waals surface area contributed by atoms with Gasteiger partial charge in [0, 0.05) is 30.9 Å². The Morgan fingerprint density at radius 3 is 2.68 bits per heavy atom. The highest BCUT2D eigenvalue weighted by molar-refractivity contribution is 5.92. The molecule has 1 aromatic carbocycles. The van der Waals surface area contributed by atoms with E-state index in [2.05, 4.69) is 5.10 Å². The molecule has 5 nitrogen and oxygen atoms in total. The van der Waals surface area contributed by atoms with Crippen LogP contribution in [0, 0.1) is 19.8 Å². The summed E-state index contributed by atoms with van der Waals surface area (Å²) in [5, 5.41) is 14.6. The van der Waals surface area contributed by atoms with Crippen LogP contribution in [0.2, 0.25) is 0 Å². The third-order valence-electron chi connectivity index (χ3n) is 4.74. The number of aliphatic hydroxyl groups excluding tert-OH is 1. The Hall–Kier alpha value is -2.40. The minimum absolute atomic E-state index is 0.106. The van der Waals surface area contributed by atoms with Gasteiger partial charge >= 0.3 is 0 Å². The predicted molar refractivity (Wildman–Crippen MR) is 98.4 cm³/mol. The molecule has 0 aliphatic heterocycles. The molecule has 1 fully saturated rings. The zero-order chi connectivity index (χ0) is 18.0. The maximum absolute atomic E-state index is 12.3. The maximum atomic E-state index is 12.3. The average molecular weight is 339 g/mol. The molecule has 3 rings (SSSR count). The lowest BCUT2D eigenvalue weighted by atomic mass is 10.1. The number of nitrogens with zero attached hydrogens (tertiary/aromatic N) is 3. The molecule has 1 saturated carbocycles. The van der Waals surface area contributed by atoms with Crippen LogP contribution in [0.4, 0.5) is 0 Å². The summed E-state index contributed by atoms with van der Waals surface area (Å²) < 4.78 is 1.89. The second kappa shape index (κ2) is 7.23. The summed E-state index contributed by atoms with van der Waals surface area (Å²) in [7, 11) is 1.73. The molecule has 25 heavy (non-hydrogen) atoms. The molecule has 0 bridgehead atoms. The number of carbonyl (C=O) groups is 1. The fourth-order valence-electron chi connectivity index (χ4n) is 3.00. The van der Waals surface area contributed by atoms with Crippen molar-refractivity contribution in [3.63, 3.8) is 0 Å². The van der Waals surface area contributed by atoms with E-state index in [0.717, 1.165) is 35.5 Å². The predicted octanol–water partition coefficient (Wildman–Crippen LogP) is 2.73. The number of benzene rings is 1. The molecule has 1 atom stereocenters. The van der Waals surface area contributed by atoms with Gasteiger partial charge in [0.2, 0.25) is 5.91 Å². The Morgan fingerprint density at radius 1 is 1.36 bits per heavy atom. The number of aromatic nitrogens is 2. The van der Waals surface area contributed by atoms with Crippen molar-refractivity contribution in [1.82, 2.24) is 14.7 Å². The molecule has 1 heterocycles. The number of hydrogen-bond donors (Lipinski definition) is 1. The van der Waals surface area contributed by atoms with E-state index < -0.39 is 6.10 Å². The van der Waals surface area contributed by atoms with Gasteiger partial charge in [-0.25, -0.2) is 4.68 Å². The largest absolute Gasteiger partial charge is 0.391 e. The van der Waals surface area contributed by atoms with Crippen LogP contribution in [0.1, 0.15) is 29.8 Å². The molecule has 1 unspecified atom stereocenters. The van der Waals surface area contributed by atoms with Crippen molar-refractivity contribution in [2.45, 2.75) is 32.8 Å². The van der Waals surface area contributed by atoms with Gasteiger partial charge in [0.15, 0.2) is 0 Å². The van der Waals surface area contributed by atoms with Crippen LogP contribution in [-0.2, 0) is 4.79 Å². The van der Waals surface area contributed by atoms with Crippen molar-refractivity contribution in [3.05, 3.63) is 53.4 Å². The van der Waals surface area contributed by atoms with Crippen LogP contribution in [0.5, 0.6) is 0 Å². The number of hydrogen-bond acceptors (Lipinski definition) is 3. The maximum Gasteiger partial charge on any atom is 0.246 e. The molecule has 0 radical (unpaired) electrons. The molecule has 132 valence electrons. The van der Waals surface area contributed by atoms with Gasteiger partial charge in [-0.2, -0.15) is 5.10 Å². The Bertz CT molecular complexity index is 776. The van der Waals surface area contributed by atoms with Crippen molar-refractivity contribution in [3.8, 4) is 5.69 Å².